The molecule has 0 saturated carbocycles. The van der Waals surface area contributed by atoms with Crippen LogP contribution >= 0.6 is 11.6 Å². The molecule has 0 aliphatic carbocycles. The SMILES string of the molecule is Fc1cccc(NCC2Cc3cc(Cl)ccc3O2)c1F. The van der Waals surface area contributed by atoms with Crippen LogP contribution < -0.4 is 10.1 Å². The monoisotopic (exact) mass is 295 g/mol. The number of anilines is 1. The first-order valence-electron chi connectivity index (χ1n) is 6.26. The summed E-state index contributed by atoms with van der Waals surface area (Å²) in [7, 11) is 0. The molecule has 0 aromatic heterocycles. The van der Waals surface area contributed by atoms with Crippen molar-refractivity contribution in [1.29, 1.82) is 0 Å². The molecule has 0 bridgehead atoms. The van der Waals surface area contributed by atoms with Gasteiger partial charge in [0.1, 0.15) is 11.9 Å². The molecule has 1 aliphatic rings. The Labute approximate surface area is 120 Å². The molecular weight excluding hydrogens is 284 g/mol. The number of ether oxygens (including phenoxy) is 1. The van der Waals surface area contributed by atoms with Crippen molar-refractivity contribution >= 4 is 17.3 Å². The van der Waals surface area contributed by atoms with E-state index in [2.05, 4.69) is 5.32 Å². The number of halogens is 3. The number of fused-ring (bicyclic) bond motifs is 1. The second kappa shape index (κ2) is 5.29. The Balaban J connectivity index is 1.65. The molecule has 2 aromatic carbocycles. The summed E-state index contributed by atoms with van der Waals surface area (Å²) in [6.45, 7) is 0.396. The van der Waals surface area contributed by atoms with Gasteiger partial charge >= 0.3 is 0 Å². The Bertz CT molecular complexity index is 648. The molecule has 0 amide bonds. The van der Waals surface area contributed by atoms with E-state index in [1.165, 1.54) is 12.1 Å². The minimum absolute atomic E-state index is 0.119. The molecule has 0 radical (unpaired) electrons. The fraction of sp³-hybridized carbons (Fsp3) is 0.200. The van der Waals surface area contributed by atoms with Crippen LogP contribution in [0.25, 0.3) is 0 Å². The van der Waals surface area contributed by atoms with E-state index in [9.17, 15) is 8.78 Å². The lowest BCUT2D eigenvalue weighted by atomic mass is 10.1. The highest BCUT2D eigenvalue weighted by atomic mass is 35.5. The second-order valence-electron chi connectivity index (χ2n) is 4.68. The van der Waals surface area contributed by atoms with E-state index in [0.717, 1.165) is 17.4 Å². The lowest BCUT2D eigenvalue weighted by Gasteiger charge is -2.13. The van der Waals surface area contributed by atoms with E-state index >= 15 is 0 Å². The van der Waals surface area contributed by atoms with Gasteiger partial charge in [-0.2, -0.15) is 0 Å². The number of rotatable bonds is 3. The predicted octanol–water partition coefficient (Wildman–Crippen LogP) is 4.03. The van der Waals surface area contributed by atoms with Crippen molar-refractivity contribution in [1.82, 2.24) is 0 Å². The summed E-state index contributed by atoms with van der Waals surface area (Å²) in [5, 5.41) is 3.54. The maximum absolute atomic E-state index is 13.5. The minimum Gasteiger partial charge on any atom is -0.488 e. The molecule has 1 N–H and O–H groups in total. The highest BCUT2D eigenvalue weighted by molar-refractivity contribution is 6.30. The van der Waals surface area contributed by atoms with E-state index in [-0.39, 0.29) is 11.8 Å². The van der Waals surface area contributed by atoms with Crippen LogP contribution in [0.2, 0.25) is 5.02 Å². The Morgan fingerprint density at radius 1 is 1.25 bits per heavy atom. The van der Waals surface area contributed by atoms with Crippen LogP contribution in [0.3, 0.4) is 0 Å². The van der Waals surface area contributed by atoms with Gasteiger partial charge in [-0.1, -0.05) is 17.7 Å². The molecule has 3 rings (SSSR count). The van der Waals surface area contributed by atoms with Gasteiger partial charge in [-0.15, -0.1) is 0 Å². The molecular formula is C15H12ClF2NO. The van der Waals surface area contributed by atoms with Crippen LogP contribution in [-0.4, -0.2) is 12.6 Å². The van der Waals surface area contributed by atoms with Crippen molar-refractivity contribution in [2.45, 2.75) is 12.5 Å². The van der Waals surface area contributed by atoms with Gasteiger partial charge in [0.2, 0.25) is 0 Å². The van der Waals surface area contributed by atoms with E-state index in [4.69, 9.17) is 16.3 Å². The first-order valence-corrected chi connectivity index (χ1v) is 6.64. The van der Waals surface area contributed by atoms with E-state index in [1.54, 1.807) is 6.07 Å². The van der Waals surface area contributed by atoms with Crippen LogP contribution in [0.1, 0.15) is 5.56 Å². The maximum atomic E-state index is 13.5. The first-order chi connectivity index (χ1) is 9.63. The fourth-order valence-electron chi connectivity index (χ4n) is 2.27. The number of nitrogens with one attached hydrogen (secondary N) is 1. The second-order valence-corrected chi connectivity index (χ2v) is 5.11. The first kappa shape index (κ1) is 13.2. The van der Waals surface area contributed by atoms with Gasteiger partial charge < -0.3 is 10.1 Å². The minimum atomic E-state index is -0.869. The Hall–Kier alpha value is -1.81. The lowest BCUT2D eigenvalue weighted by Crippen LogP contribution is -2.24. The quantitative estimate of drug-likeness (QED) is 0.923. The third-order valence-electron chi connectivity index (χ3n) is 3.24. The highest BCUT2D eigenvalue weighted by Crippen LogP contribution is 2.31. The van der Waals surface area contributed by atoms with E-state index < -0.39 is 11.6 Å². The average molecular weight is 296 g/mol. The smallest absolute Gasteiger partial charge is 0.181 e. The molecule has 1 aliphatic heterocycles. The van der Waals surface area contributed by atoms with Crippen molar-refractivity contribution < 1.29 is 13.5 Å². The van der Waals surface area contributed by atoms with Gasteiger partial charge in [-0.3, -0.25) is 0 Å². The summed E-state index contributed by atoms with van der Waals surface area (Å²) < 4.78 is 32.3. The van der Waals surface area contributed by atoms with Gasteiger partial charge in [0, 0.05) is 11.4 Å². The van der Waals surface area contributed by atoms with Crippen molar-refractivity contribution in [2.24, 2.45) is 0 Å². The van der Waals surface area contributed by atoms with Gasteiger partial charge in [0.25, 0.3) is 0 Å². The summed E-state index contributed by atoms with van der Waals surface area (Å²) in [4.78, 5) is 0. The zero-order valence-electron chi connectivity index (χ0n) is 10.5. The van der Waals surface area contributed by atoms with Crippen molar-refractivity contribution in [2.75, 3.05) is 11.9 Å². The Morgan fingerprint density at radius 2 is 2.10 bits per heavy atom. The summed E-state index contributed by atoms with van der Waals surface area (Å²) >= 11 is 5.92. The third kappa shape index (κ3) is 2.56. The zero-order valence-corrected chi connectivity index (χ0v) is 11.3. The van der Waals surface area contributed by atoms with Crippen LogP contribution in [0.15, 0.2) is 36.4 Å². The number of hydrogen-bond acceptors (Lipinski definition) is 2. The number of benzene rings is 2. The summed E-state index contributed by atoms with van der Waals surface area (Å²) in [6.07, 6.45) is 0.575. The van der Waals surface area contributed by atoms with Gasteiger partial charge in [-0.05, 0) is 35.9 Å². The fourth-order valence-corrected chi connectivity index (χ4v) is 2.46. The summed E-state index contributed by atoms with van der Waals surface area (Å²) in [5.41, 5.74) is 1.17. The molecule has 104 valence electrons. The molecule has 1 atom stereocenters. The molecule has 5 heteroatoms. The highest BCUT2D eigenvalue weighted by Gasteiger charge is 2.23. The molecule has 2 nitrogen and oxygen atoms in total. The Morgan fingerprint density at radius 3 is 2.95 bits per heavy atom. The van der Waals surface area contributed by atoms with Gasteiger partial charge in [0.05, 0.1) is 12.2 Å². The standard InChI is InChI=1S/C15H12ClF2NO/c16-10-4-5-14-9(6-10)7-11(20-14)8-19-13-3-1-2-12(17)15(13)18/h1-6,11,19H,7-8H2. The molecule has 2 aromatic rings. The van der Waals surface area contributed by atoms with Gasteiger partial charge in [0.15, 0.2) is 11.6 Å². The van der Waals surface area contributed by atoms with Crippen molar-refractivity contribution in [3.05, 3.63) is 58.6 Å². The largest absolute Gasteiger partial charge is 0.488 e. The predicted molar refractivity (Wildman–Crippen MR) is 74.4 cm³/mol. The van der Waals surface area contributed by atoms with Crippen LogP contribution in [0.5, 0.6) is 5.75 Å². The third-order valence-corrected chi connectivity index (χ3v) is 3.47. The molecule has 0 saturated heterocycles. The molecule has 0 spiro atoms. The lowest BCUT2D eigenvalue weighted by molar-refractivity contribution is 0.246. The summed E-state index contributed by atoms with van der Waals surface area (Å²) in [6, 6.07) is 9.50. The topological polar surface area (TPSA) is 21.3 Å². The summed E-state index contributed by atoms with van der Waals surface area (Å²) in [5.74, 6) is -0.940. The number of hydrogen-bond donors (Lipinski definition) is 1. The van der Waals surface area contributed by atoms with Crippen LogP contribution in [0.4, 0.5) is 14.5 Å². The van der Waals surface area contributed by atoms with Crippen molar-refractivity contribution in [3.63, 3.8) is 0 Å². The van der Waals surface area contributed by atoms with E-state index in [0.29, 0.717) is 18.0 Å². The molecule has 20 heavy (non-hydrogen) atoms. The molecule has 1 unspecified atom stereocenters. The van der Waals surface area contributed by atoms with E-state index in [1.807, 2.05) is 12.1 Å². The van der Waals surface area contributed by atoms with Crippen LogP contribution in [-0.2, 0) is 6.42 Å². The van der Waals surface area contributed by atoms with Crippen molar-refractivity contribution in [3.8, 4) is 5.75 Å². The molecule has 1 heterocycles. The Kier molecular flexibility index (Phi) is 3.49. The molecule has 0 fully saturated rings. The maximum Gasteiger partial charge on any atom is 0.181 e. The normalized spacial score (nSPS) is 16.6. The zero-order chi connectivity index (χ0) is 14.1. The van der Waals surface area contributed by atoms with Gasteiger partial charge in [-0.25, -0.2) is 8.78 Å². The average Bonchev–Trinajstić information content (AvgIpc) is 2.82. The van der Waals surface area contributed by atoms with Crippen LogP contribution in [0, 0.1) is 11.6 Å².